The topological polar surface area (TPSA) is 44.0 Å². The number of benzene rings is 2. The van der Waals surface area contributed by atoms with Gasteiger partial charge in [0.1, 0.15) is 0 Å². The van der Waals surface area contributed by atoms with Gasteiger partial charge in [0.05, 0.1) is 11.4 Å². The highest BCUT2D eigenvalue weighted by atomic mass is 15.1. The molecule has 4 nitrogen and oxygen atoms in total. The molecule has 2 aromatic carbocycles. The smallest absolute Gasteiger partial charge is 0.0962 e. The van der Waals surface area contributed by atoms with Crippen LogP contribution in [-0.4, -0.2) is 42.3 Å². The summed E-state index contributed by atoms with van der Waals surface area (Å²) in [6, 6.07) is 17.1. The molecule has 1 aromatic heterocycles. The fourth-order valence-corrected chi connectivity index (χ4v) is 3.28. The quantitative estimate of drug-likeness (QED) is 0.591. The van der Waals surface area contributed by atoms with E-state index in [2.05, 4.69) is 83.0 Å². The van der Waals surface area contributed by atoms with E-state index in [1.54, 1.807) is 0 Å². The lowest BCUT2D eigenvalue weighted by Gasteiger charge is -2.11. The van der Waals surface area contributed by atoms with Crippen molar-refractivity contribution in [1.29, 1.82) is 0 Å². The predicted molar refractivity (Wildman–Crippen MR) is 99.3 cm³/mol. The van der Waals surface area contributed by atoms with Gasteiger partial charge in [0.15, 0.2) is 0 Å². The number of anilines is 1. The van der Waals surface area contributed by atoms with Crippen LogP contribution in [-0.2, 0) is 6.42 Å². The van der Waals surface area contributed by atoms with Crippen LogP contribution in [0.2, 0.25) is 0 Å². The molecule has 4 heteroatoms. The van der Waals surface area contributed by atoms with Gasteiger partial charge >= 0.3 is 0 Å². The molecule has 4 rings (SSSR count). The number of nitrogens with one attached hydrogen (secondary N) is 2. The lowest BCUT2D eigenvalue weighted by molar-refractivity contribution is 0.425. The van der Waals surface area contributed by atoms with Crippen molar-refractivity contribution in [3.63, 3.8) is 0 Å². The first-order chi connectivity index (χ1) is 11.7. The number of rotatable bonds is 5. The van der Waals surface area contributed by atoms with Gasteiger partial charge in [-0.15, -0.1) is 0 Å². The van der Waals surface area contributed by atoms with E-state index in [1.807, 2.05) is 0 Å². The van der Waals surface area contributed by atoms with Crippen molar-refractivity contribution in [2.24, 2.45) is 0 Å². The Bertz CT molecular complexity index is 846. The number of aromatic nitrogens is 2. The monoisotopic (exact) mass is 318 g/mol. The molecule has 0 unspecified atom stereocenters. The number of fused-ring (bicyclic) bond motifs is 3. The van der Waals surface area contributed by atoms with E-state index in [0.29, 0.717) is 0 Å². The van der Waals surface area contributed by atoms with Crippen molar-refractivity contribution in [1.82, 2.24) is 15.1 Å². The molecule has 1 heterocycles. The first-order valence-electron chi connectivity index (χ1n) is 8.37. The third kappa shape index (κ3) is 2.69. The third-order valence-electron chi connectivity index (χ3n) is 4.57. The number of nitrogens with zero attached hydrogens (tertiary/aromatic N) is 2. The number of hydrogen-bond acceptors (Lipinski definition) is 3. The van der Waals surface area contributed by atoms with Gasteiger partial charge in [0.2, 0.25) is 0 Å². The summed E-state index contributed by atoms with van der Waals surface area (Å²) < 4.78 is 0. The molecule has 0 saturated carbocycles. The maximum atomic E-state index is 4.57. The zero-order valence-electron chi connectivity index (χ0n) is 14.1. The maximum Gasteiger partial charge on any atom is 0.0962 e. The van der Waals surface area contributed by atoms with Crippen LogP contribution >= 0.6 is 0 Å². The summed E-state index contributed by atoms with van der Waals surface area (Å²) in [5, 5.41) is 11.2. The molecule has 24 heavy (non-hydrogen) atoms. The predicted octanol–water partition coefficient (Wildman–Crippen LogP) is 3.62. The lowest BCUT2D eigenvalue weighted by Crippen LogP contribution is -2.20. The second-order valence-corrected chi connectivity index (χ2v) is 6.57. The Balaban J connectivity index is 1.55. The van der Waals surface area contributed by atoms with Crippen molar-refractivity contribution < 1.29 is 0 Å². The summed E-state index contributed by atoms with van der Waals surface area (Å²) in [4.78, 5) is 2.17. The molecule has 0 amide bonds. The number of aromatic amines is 1. The molecule has 0 radical (unpaired) electrons. The van der Waals surface area contributed by atoms with Crippen LogP contribution in [0.4, 0.5) is 5.69 Å². The van der Waals surface area contributed by atoms with Gasteiger partial charge in [-0.25, -0.2) is 0 Å². The van der Waals surface area contributed by atoms with Crippen LogP contribution in [0.1, 0.15) is 11.1 Å². The fourth-order valence-electron chi connectivity index (χ4n) is 3.28. The van der Waals surface area contributed by atoms with Crippen molar-refractivity contribution >= 4 is 5.69 Å². The van der Waals surface area contributed by atoms with Crippen molar-refractivity contribution in [2.45, 2.75) is 6.42 Å². The van der Waals surface area contributed by atoms with E-state index in [9.17, 15) is 0 Å². The summed E-state index contributed by atoms with van der Waals surface area (Å²) in [6.07, 6.45) is 0.959. The van der Waals surface area contributed by atoms with Crippen LogP contribution in [0.15, 0.2) is 48.5 Å². The Morgan fingerprint density at radius 1 is 1.08 bits per heavy atom. The van der Waals surface area contributed by atoms with Gasteiger partial charge in [-0.3, -0.25) is 5.10 Å². The average molecular weight is 318 g/mol. The second kappa shape index (κ2) is 6.13. The Hall–Kier alpha value is -2.59. The minimum Gasteiger partial charge on any atom is -0.384 e. The SMILES string of the molecule is CN(C)CCNc1ccc(-c2n[nH]c3c2Cc2ccccc2-3)cc1. The van der Waals surface area contributed by atoms with Crippen LogP contribution < -0.4 is 5.32 Å². The number of H-pyrrole nitrogens is 1. The van der Waals surface area contributed by atoms with Crippen LogP contribution in [0.25, 0.3) is 22.5 Å². The Morgan fingerprint density at radius 2 is 1.88 bits per heavy atom. The Labute approximate surface area is 142 Å². The zero-order valence-corrected chi connectivity index (χ0v) is 14.1. The van der Waals surface area contributed by atoms with Crippen LogP contribution in [0.5, 0.6) is 0 Å². The molecule has 0 bridgehead atoms. The maximum absolute atomic E-state index is 4.57. The molecule has 2 N–H and O–H groups in total. The van der Waals surface area contributed by atoms with E-state index < -0.39 is 0 Å². The summed E-state index contributed by atoms with van der Waals surface area (Å²) in [5.74, 6) is 0. The molecule has 0 spiro atoms. The van der Waals surface area contributed by atoms with Gasteiger partial charge in [-0.1, -0.05) is 36.4 Å². The van der Waals surface area contributed by atoms with Crippen LogP contribution in [0, 0.1) is 0 Å². The summed E-state index contributed by atoms with van der Waals surface area (Å²) in [7, 11) is 4.17. The highest BCUT2D eigenvalue weighted by Gasteiger charge is 2.24. The van der Waals surface area contributed by atoms with Crippen molar-refractivity contribution in [3.8, 4) is 22.5 Å². The highest BCUT2D eigenvalue weighted by molar-refractivity contribution is 5.81. The number of hydrogen-bond donors (Lipinski definition) is 2. The first kappa shape index (κ1) is 15.0. The molecule has 1 aliphatic carbocycles. The summed E-state index contributed by atoms with van der Waals surface area (Å²) >= 11 is 0. The minimum atomic E-state index is 0.944. The summed E-state index contributed by atoms with van der Waals surface area (Å²) in [6.45, 7) is 1.96. The standard InChI is InChI=1S/C20H22N4/c1-24(2)12-11-21-16-9-7-14(8-10-16)19-18-13-15-5-3-4-6-17(15)20(18)23-22-19/h3-10,21H,11-13H2,1-2H3,(H,22,23). The molecule has 1 aliphatic rings. The molecular formula is C20H22N4. The molecular weight excluding hydrogens is 296 g/mol. The van der Waals surface area contributed by atoms with Gasteiger partial charge < -0.3 is 10.2 Å². The van der Waals surface area contributed by atoms with E-state index in [-0.39, 0.29) is 0 Å². The Morgan fingerprint density at radius 3 is 2.67 bits per heavy atom. The van der Waals surface area contributed by atoms with E-state index in [4.69, 9.17) is 0 Å². The van der Waals surface area contributed by atoms with Crippen LogP contribution in [0.3, 0.4) is 0 Å². The van der Waals surface area contributed by atoms with Gasteiger partial charge in [-0.05, 0) is 31.8 Å². The van der Waals surface area contributed by atoms with Gasteiger partial charge in [-0.2, -0.15) is 5.10 Å². The largest absolute Gasteiger partial charge is 0.384 e. The summed E-state index contributed by atoms with van der Waals surface area (Å²) in [5.41, 5.74) is 8.53. The average Bonchev–Trinajstić information content (AvgIpc) is 3.14. The third-order valence-corrected chi connectivity index (χ3v) is 4.57. The van der Waals surface area contributed by atoms with E-state index in [0.717, 1.165) is 30.9 Å². The van der Waals surface area contributed by atoms with E-state index in [1.165, 1.54) is 27.9 Å². The normalized spacial score (nSPS) is 12.3. The molecule has 0 atom stereocenters. The van der Waals surface area contributed by atoms with Crippen molar-refractivity contribution in [2.75, 3.05) is 32.5 Å². The molecule has 0 saturated heterocycles. The minimum absolute atomic E-state index is 0.944. The highest BCUT2D eigenvalue weighted by Crippen LogP contribution is 2.39. The first-order valence-corrected chi connectivity index (χ1v) is 8.37. The fraction of sp³-hybridized carbons (Fsp3) is 0.250. The molecule has 0 fully saturated rings. The molecule has 0 aliphatic heterocycles. The van der Waals surface area contributed by atoms with Crippen molar-refractivity contribution in [3.05, 3.63) is 59.7 Å². The molecule has 122 valence electrons. The Kier molecular flexibility index (Phi) is 3.82. The second-order valence-electron chi connectivity index (χ2n) is 6.57. The lowest BCUT2D eigenvalue weighted by atomic mass is 10.1. The van der Waals surface area contributed by atoms with Gasteiger partial charge in [0, 0.05) is 41.9 Å². The zero-order chi connectivity index (χ0) is 16.5. The number of likely N-dealkylation sites (N-methyl/N-ethyl adjacent to an activating group) is 1. The molecule has 3 aromatic rings. The van der Waals surface area contributed by atoms with Gasteiger partial charge in [0.25, 0.3) is 0 Å². The van der Waals surface area contributed by atoms with E-state index >= 15 is 0 Å².